The molecule has 1 N–H and O–H groups in total. The zero-order chi connectivity index (χ0) is 14.7. The second-order valence-electron chi connectivity index (χ2n) is 5.23. The van der Waals surface area contributed by atoms with Crippen molar-refractivity contribution in [3.05, 3.63) is 33.9 Å². The van der Waals surface area contributed by atoms with Crippen molar-refractivity contribution < 1.29 is 14.8 Å². The van der Waals surface area contributed by atoms with Gasteiger partial charge in [-0.3, -0.25) is 10.1 Å². The monoisotopic (exact) mass is 295 g/mol. The lowest BCUT2D eigenvalue weighted by molar-refractivity contribution is -0.388. The zero-order valence-corrected chi connectivity index (χ0v) is 12.1. The van der Waals surface area contributed by atoms with Crippen LogP contribution in [0, 0.1) is 16.0 Å². The average Bonchev–Trinajstić information content (AvgIpc) is 2.38. The molecule has 0 aliphatic heterocycles. The summed E-state index contributed by atoms with van der Waals surface area (Å²) in [5.41, 5.74) is -0.507. The molecular weight excluding hydrogens is 278 g/mol. The van der Waals surface area contributed by atoms with E-state index in [4.69, 9.17) is 5.11 Å². The first kappa shape index (κ1) is 14.8. The van der Waals surface area contributed by atoms with Crippen LogP contribution in [0.2, 0.25) is 0 Å². The van der Waals surface area contributed by atoms with Crippen LogP contribution in [0.1, 0.15) is 43.0 Å². The Bertz CT molecular complexity index is 532. The number of thioether (sulfide) groups is 1. The smallest absolute Gasteiger partial charge is 0.342 e. The average molecular weight is 295 g/mol. The van der Waals surface area contributed by atoms with E-state index in [2.05, 4.69) is 6.92 Å². The van der Waals surface area contributed by atoms with E-state index < -0.39 is 10.9 Å². The van der Waals surface area contributed by atoms with Crippen molar-refractivity contribution in [3.8, 4) is 0 Å². The third-order valence-electron chi connectivity index (χ3n) is 3.59. The summed E-state index contributed by atoms with van der Waals surface area (Å²) in [5, 5.41) is 20.6. The summed E-state index contributed by atoms with van der Waals surface area (Å²) >= 11 is 1.45. The molecule has 6 heteroatoms. The standard InChI is InChI=1S/C14H17NO4S/c1-9-4-2-5-10(8-9)20-12-7-3-6-11(14(16)17)13(12)15(18)19/h3,6-7,9-10H,2,4-5,8H2,1H3,(H,16,17). The van der Waals surface area contributed by atoms with Gasteiger partial charge in [-0.15, -0.1) is 11.8 Å². The number of carbonyl (C=O) groups is 1. The van der Waals surface area contributed by atoms with Crippen molar-refractivity contribution in [2.45, 2.75) is 42.8 Å². The van der Waals surface area contributed by atoms with Gasteiger partial charge >= 0.3 is 5.97 Å². The molecule has 20 heavy (non-hydrogen) atoms. The third-order valence-corrected chi connectivity index (χ3v) is 4.94. The van der Waals surface area contributed by atoms with Gasteiger partial charge in [-0.1, -0.05) is 25.8 Å². The van der Waals surface area contributed by atoms with Crippen LogP contribution in [0.15, 0.2) is 23.1 Å². The molecule has 1 aliphatic rings. The Kier molecular flexibility index (Phi) is 4.65. The highest BCUT2D eigenvalue weighted by Crippen LogP contribution is 2.40. The van der Waals surface area contributed by atoms with Crippen LogP contribution in [0.3, 0.4) is 0 Å². The summed E-state index contributed by atoms with van der Waals surface area (Å²) < 4.78 is 0. The molecule has 2 atom stereocenters. The molecule has 5 nitrogen and oxygen atoms in total. The predicted molar refractivity (Wildman–Crippen MR) is 77.3 cm³/mol. The molecule has 1 saturated carbocycles. The van der Waals surface area contributed by atoms with Crippen molar-refractivity contribution in [3.63, 3.8) is 0 Å². The largest absolute Gasteiger partial charge is 0.477 e. The highest BCUT2D eigenvalue weighted by Gasteiger charge is 2.27. The first-order valence-corrected chi connectivity index (χ1v) is 7.54. The molecule has 0 aromatic heterocycles. The molecule has 0 saturated heterocycles. The van der Waals surface area contributed by atoms with Gasteiger partial charge in [0.2, 0.25) is 0 Å². The summed E-state index contributed by atoms with van der Waals surface area (Å²) in [6, 6.07) is 4.51. The number of carboxylic acids is 1. The maximum absolute atomic E-state index is 11.2. The molecule has 2 rings (SSSR count). The fourth-order valence-corrected chi connectivity index (χ4v) is 4.17. The molecule has 1 fully saturated rings. The number of nitro benzene ring substituents is 1. The van der Waals surface area contributed by atoms with E-state index >= 15 is 0 Å². The number of hydrogen-bond donors (Lipinski definition) is 1. The Labute approximate surface area is 121 Å². The number of para-hydroxylation sites is 1. The molecule has 1 aromatic carbocycles. The summed E-state index contributed by atoms with van der Waals surface area (Å²) in [7, 11) is 0. The Hall–Kier alpha value is -1.56. The molecule has 108 valence electrons. The van der Waals surface area contributed by atoms with E-state index in [9.17, 15) is 14.9 Å². The minimum absolute atomic E-state index is 0.233. The number of benzene rings is 1. The van der Waals surface area contributed by atoms with Crippen molar-refractivity contribution >= 4 is 23.4 Å². The van der Waals surface area contributed by atoms with Gasteiger partial charge in [0.05, 0.1) is 9.82 Å². The fourth-order valence-electron chi connectivity index (χ4n) is 2.64. The number of nitrogens with zero attached hydrogens (tertiary/aromatic N) is 1. The molecule has 0 heterocycles. The Morgan fingerprint density at radius 2 is 2.20 bits per heavy atom. The molecule has 2 unspecified atom stereocenters. The summed E-state index contributed by atoms with van der Waals surface area (Å²) in [5.74, 6) is -0.626. The van der Waals surface area contributed by atoms with Crippen LogP contribution >= 0.6 is 11.8 Å². The summed E-state index contributed by atoms with van der Waals surface area (Å²) in [6.07, 6.45) is 4.39. The number of hydrogen-bond acceptors (Lipinski definition) is 4. The number of aromatic carboxylic acids is 1. The lowest BCUT2D eigenvalue weighted by atomic mass is 9.91. The highest BCUT2D eigenvalue weighted by molar-refractivity contribution is 8.00. The zero-order valence-electron chi connectivity index (χ0n) is 11.2. The van der Waals surface area contributed by atoms with Crippen molar-refractivity contribution in [2.24, 2.45) is 5.92 Å². The molecule has 1 aliphatic carbocycles. The van der Waals surface area contributed by atoms with Gasteiger partial charge in [0.1, 0.15) is 5.56 Å². The fraction of sp³-hybridized carbons (Fsp3) is 0.500. The van der Waals surface area contributed by atoms with Crippen LogP contribution in [0.4, 0.5) is 5.69 Å². The second kappa shape index (κ2) is 6.26. The third kappa shape index (κ3) is 3.30. The minimum Gasteiger partial charge on any atom is -0.477 e. The summed E-state index contributed by atoms with van der Waals surface area (Å²) in [4.78, 5) is 22.2. The topological polar surface area (TPSA) is 80.4 Å². The summed E-state index contributed by atoms with van der Waals surface area (Å²) in [6.45, 7) is 2.19. The quantitative estimate of drug-likeness (QED) is 0.671. The Morgan fingerprint density at radius 1 is 1.45 bits per heavy atom. The highest BCUT2D eigenvalue weighted by atomic mass is 32.2. The van der Waals surface area contributed by atoms with Gasteiger partial charge in [0.15, 0.2) is 0 Å². The first-order chi connectivity index (χ1) is 9.49. The van der Waals surface area contributed by atoms with Gasteiger partial charge in [-0.05, 0) is 30.9 Å². The SMILES string of the molecule is CC1CCCC(Sc2cccc(C(=O)O)c2[N+](=O)[O-])C1. The van der Waals surface area contributed by atoms with Crippen LogP contribution in [0.25, 0.3) is 0 Å². The van der Waals surface area contributed by atoms with Gasteiger partial charge in [0, 0.05) is 5.25 Å². The van der Waals surface area contributed by atoms with Crippen LogP contribution in [-0.2, 0) is 0 Å². The molecular formula is C14H17NO4S. The Morgan fingerprint density at radius 3 is 2.80 bits per heavy atom. The van der Waals surface area contributed by atoms with Crippen LogP contribution < -0.4 is 0 Å². The van der Waals surface area contributed by atoms with Gasteiger partial charge in [-0.25, -0.2) is 4.79 Å². The maximum Gasteiger partial charge on any atom is 0.342 e. The van der Waals surface area contributed by atoms with E-state index in [0.29, 0.717) is 16.1 Å². The van der Waals surface area contributed by atoms with E-state index in [1.165, 1.54) is 24.2 Å². The van der Waals surface area contributed by atoms with Crippen molar-refractivity contribution in [1.82, 2.24) is 0 Å². The second-order valence-corrected chi connectivity index (χ2v) is 6.57. The first-order valence-electron chi connectivity index (χ1n) is 6.66. The van der Waals surface area contributed by atoms with E-state index in [1.54, 1.807) is 12.1 Å². The maximum atomic E-state index is 11.2. The lowest BCUT2D eigenvalue weighted by Crippen LogP contribution is -2.15. The van der Waals surface area contributed by atoms with Crippen LogP contribution in [-0.4, -0.2) is 21.2 Å². The van der Waals surface area contributed by atoms with Crippen molar-refractivity contribution in [2.75, 3.05) is 0 Å². The van der Waals surface area contributed by atoms with E-state index in [-0.39, 0.29) is 11.3 Å². The van der Waals surface area contributed by atoms with E-state index in [0.717, 1.165) is 19.3 Å². The molecule has 1 aromatic rings. The van der Waals surface area contributed by atoms with Crippen LogP contribution in [0.5, 0.6) is 0 Å². The molecule has 0 radical (unpaired) electrons. The number of nitro groups is 1. The molecule has 0 spiro atoms. The van der Waals surface area contributed by atoms with Crippen molar-refractivity contribution in [1.29, 1.82) is 0 Å². The predicted octanol–water partition coefficient (Wildman–Crippen LogP) is 3.96. The van der Waals surface area contributed by atoms with Gasteiger partial charge < -0.3 is 5.11 Å². The normalized spacial score (nSPS) is 22.4. The number of carboxylic acid groups (broad SMARTS) is 1. The Balaban J connectivity index is 2.29. The van der Waals surface area contributed by atoms with E-state index in [1.807, 2.05) is 0 Å². The lowest BCUT2D eigenvalue weighted by Gasteiger charge is -2.26. The number of rotatable bonds is 4. The van der Waals surface area contributed by atoms with Gasteiger partial charge in [0.25, 0.3) is 5.69 Å². The molecule has 0 amide bonds. The molecule has 0 bridgehead atoms. The minimum atomic E-state index is -1.25. The van der Waals surface area contributed by atoms with Gasteiger partial charge in [-0.2, -0.15) is 0 Å².